The average Bonchev–Trinajstić information content (AvgIpc) is 1.69. The molecule has 0 saturated heterocycles. The molecule has 0 unspecified atom stereocenters. The van der Waals surface area contributed by atoms with E-state index in [1.54, 1.807) is 0 Å². The van der Waals surface area contributed by atoms with Crippen LogP contribution in [0.5, 0.6) is 0 Å². The van der Waals surface area contributed by atoms with Gasteiger partial charge >= 0.3 is 0 Å². The molecule has 0 heteroatoms. The zero-order chi connectivity index (χ0) is 5.54. The molecule has 0 aliphatic rings. The summed E-state index contributed by atoms with van der Waals surface area (Å²) in [5.74, 6) is 0. The molecule has 0 amide bonds. The second-order valence-electron chi connectivity index (χ2n) is 1.64. The van der Waals surface area contributed by atoms with E-state index in [0.29, 0.717) is 0 Å². The zero-order valence-electron chi connectivity index (χ0n) is 5.20. The van der Waals surface area contributed by atoms with Gasteiger partial charge in [0.25, 0.3) is 0 Å². The first kappa shape index (κ1) is 6.74. The molecular formula is C7H13. The Morgan fingerprint density at radius 1 is 1.57 bits per heavy atom. The molecule has 0 saturated carbocycles. The Morgan fingerprint density at radius 3 is 2.71 bits per heavy atom. The van der Waals surface area contributed by atoms with Crippen LogP contribution in [0.1, 0.15) is 33.1 Å². The van der Waals surface area contributed by atoms with Gasteiger partial charge in [0, 0.05) is 0 Å². The minimum atomic E-state index is 1.20. The maximum Gasteiger partial charge on any atom is -0.0345 e. The summed E-state index contributed by atoms with van der Waals surface area (Å²) in [4.78, 5) is 0. The van der Waals surface area contributed by atoms with Crippen LogP contribution in [-0.4, -0.2) is 0 Å². The van der Waals surface area contributed by atoms with Crippen LogP contribution in [0.15, 0.2) is 6.08 Å². The molecule has 41 valence electrons. The molecule has 0 aromatic rings. The first-order valence-electron chi connectivity index (χ1n) is 2.90. The molecule has 0 rings (SSSR count). The molecule has 0 bridgehead atoms. The van der Waals surface area contributed by atoms with Gasteiger partial charge in [0.2, 0.25) is 0 Å². The van der Waals surface area contributed by atoms with Crippen LogP contribution >= 0.6 is 0 Å². The summed E-state index contributed by atoms with van der Waals surface area (Å²) in [5.41, 5.74) is 0. The molecule has 0 atom stereocenters. The molecule has 7 heavy (non-hydrogen) atoms. The molecular weight excluding hydrogens is 84.1 g/mol. The lowest BCUT2D eigenvalue weighted by Gasteiger charge is -1.83. The Labute approximate surface area is 46.2 Å². The Kier molecular flexibility index (Phi) is 5.53. The highest BCUT2D eigenvalue weighted by Gasteiger charge is 1.73. The Morgan fingerprint density at radius 2 is 2.29 bits per heavy atom. The van der Waals surface area contributed by atoms with E-state index in [0.717, 1.165) is 0 Å². The maximum atomic E-state index is 2.98. The lowest BCUT2D eigenvalue weighted by atomic mass is 10.2. The molecule has 0 spiro atoms. The van der Waals surface area contributed by atoms with Crippen molar-refractivity contribution in [1.29, 1.82) is 0 Å². The summed E-state index contributed by atoms with van der Waals surface area (Å²) in [7, 11) is 0. The van der Waals surface area contributed by atoms with Crippen molar-refractivity contribution in [3.63, 3.8) is 0 Å². The Balaban J connectivity index is 2.69. The van der Waals surface area contributed by atoms with Gasteiger partial charge < -0.3 is 0 Å². The summed E-state index contributed by atoms with van der Waals surface area (Å²) in [6.45, 7) is 4.14. The standard InChI is InChI=1S/C7H13/c1-3-5-7-6-4-2/h6H,3,5,7H2,1-2H3. The summed E-state index contributed by atoms with van der Waals surface area (Å²) in [6.07, 6.45) is 8.86. The number of allylic oxidation sites excluding steroid dienone is 2. The predicted molar refractivity (Wildman–Crippen MR) is 33.0 cm³/mol. The molecule has 0 N–H and O–H groups in total. The average molecular weight is 97.2 g/mol. The second-order valence-corrected chi connectivity index (χ2v) is 1.64. The summed E-state index contributed by atoms with van der Waals surface area (Å²) in [5, 5.41) is 0. The quantitative estimate of drug-likeness (QED) is 0.475. The number of unbranched alkanes of at least 4 members (excludes halogenated alkanes) is 2. The van der Waals surface area contributed by atoms with E-state index in [9.17, 15) is 0 Å². The van der Waals surface area contributed by atoms with Crippen molar-refractivity contribution in [3.8, 4) is 0 Å². The van der Waals surface area contributed by atoms with Crippen molar-refractivity contribution in [2.75, 3.05) is 0 Å². The van der Waals surface area contributed by atoms with E-state index in [2.05, 4.69) is 19.1 Å². The topological polar surface area (TPSA) is 0 Å². The molecule has 0 aliphatic carbocycles. The molecule has 1 radical (unpaired) electrons. The van der Waals surface area contributed by atoms with Gasteiger partial charge in [0.15, 0.2) is 0 Å². The van der Waals surface area contributed by atoms with Gasteiger partial charge in [-0.05, 0) is 13.3 Å². The fraction of sp³-hybridized carbons (Fsp3) is 0.714. The van der Waals surface area contributed by atoms with Gasteiger partial charge in [0.05, 0.1) is 0 Å². The second kappa shape index (κ2) is 5.74. The number of hydrogen-bond acceptors (Lipinski definition) is 0. The van der Waals surface area contributed by atoms with Crippen LogP contribution in [-0.2, 0) is 0 Å². The highest BCUT2D eigenvalue weighted by molar-refractivity contribution is 4.68. The Hall–Kier alpha value is -0.260. The normalized spacial score (nSPS) is 10.6. The summed E-state index contributed by atoms with van der Waals surface area (Å²) >= 11 is 0. The van der Waals surface area contributed by atoms with E-state index >= 15 is 0 Å². The monoisotopic (exact) mass is 97.1 g/mol. The summed E-state index contributed by atoms with van der Waals surface area (Å²) in [6, 6.07) is 0. The van der Waals surface area contributed by atoms with Crippen molar-refractivity contribution in [1.82, 2.24) is 0 Å². The van der Waals surface area contributed by atoms with Crippen LogP contribution in [0, 0.1) is 6.08 Å². The fourth-order valence-electron chi connectivity index (χ4n) is 0.451. The lowest BCUT2D eigenvalue weighted by Crippen LogP contribution is -1.63. The van der Waals surface area contributed by atoms with Gasteiger partial charge in [-0.25, -0.2) is 0 Å². The van der Waals surface area contributed by atoms with E-state index in [1.165, 1.54) is 19.3 Å². The highest BCUT2D eigenvalue weighted by Crippen LogP contribution is 1.92. The van der Waals surface area contributed by atoms with Crippen molar-refractivity contribution >= 4 is 0 Å². The first-order chi connectivity index (χ1) is 3.41. The number of hydrogen-bond donors (Lipinski definition) is 0. The lowest BCUT2D eigenvalue weighted by molar-refractivity contribution is 0.813. The smallest absolute Gasteiger partial charge is 0.0345 e. The minimum absolute atomic E-state index is 1.20. The van der Waals surface area contributed by atoms with Crippen molar-refractivity contribution in [3.05, 3.63) is 12.2 Å². The van der Waals surface area contributed by atoms with Crippen LogP contribution < -0.4 is 0 Å². The molecule has 0 aliphatic heterocycles. The third-order valence-corrected chi connectivity index (χ3v) is 0.906. The molecule has 0 aromatic carbocycles. The first-order valence-corrected chi connectivity index (χ1v) is 2.90. The van der Waals surface area contributed by atoms with Crippen molar-refractivity contribution < 1.29 is 0 Å². The molecule has 0 heterocycles. The third-order valence-electron chi connectivity index (χ3n) is 0.906. The summed E-state index contributed by atoms with van der Waals surface area (Å²) < 4.78 is 0. The highest BCUT2D eigenvalue weighted by atomic mass is 13.8. The van der Waals surface area contributed by atoms with E-state index in [-0.39, 0.29) is 0 Å². The van der Waals surface area contributed by atoms with Gasteiger partial charge in [-0.1, -0.05) is 31.9 Å². The maximum absolute atomic E-state index is 2.98. The van der Waals surface area contributed by atoms with Gasteiger partial charge in [-0.2, -0.15) is 0 Å². The van der Waals surface area contributed by atoms with Crippen LogP contribution in [0.25, 0.3) is 0 Å². The Bertz CT molecular complexity index is 44.0. The zero-order valence-corrected chi connectivity index (χ0v) is 5.20. The van der Waals surface area contributed by atoms with Crippen molar-refractivity contribution in [2.24, 2.45) is 0 Å². The van der Waals surface area contributed by atoms with Crippen LogP contribution in [0.4, 0.5) is 0 Å². The molecule has 0 fully saturated rings. The van der Waals surface area contributed by atoms with E-state index in [4.69, 9.17) is 0 Å². The predicted octanol–water partition coefficient (Wildman–Crippen LogP) is 2.56. The largest absolute Gasteiger partial charge is 0.0813 e. The van der Waals surface area contributed by atoms with Crippen LogP contribution in [0.3, 0.4) is 0 Å². The van der Waals surface area contributed by atoms with Crippen LogP contribution in [0.2, 0.25) is 0 Å². The molecule has 0 aromatic heterocycles. The van der Waals surface area contributed by atoms with Gasteiger partial charge in [-0.15, -0.1) is 0 Å². The van der Waals surface area contributed by atoms with Crippen molar-refractivity contribution in [2.45, 2.75) is 33.1 Å². The SMILES string of the molecule is C[C]=CCCCC. The van der Waals surface area contributed by atoms with E-state index in [1.807, 2.05) is 6.92 Å². The van der Waals surface area contributed by atoms with Gasteiger partial charge in [0.1, 0.15) is 0 Å². The van der Waals surface area contributed by atoms with E-state index < -0.39 is 0 Å². The fourth-order valence-corrected chi connectivity index (χ4v) is 0.451. The third kappa shape index (κ3) is 5.74. The minimum Gasteiger partial charge on any atom is -0.0813 e. The number of rotatable bonds is 3. The molecule has 0 nitrogen and oxygen atoms in total. The van der Waals surface area contributed by atoms with Gasteiger partial charge in [-0.3, -0.25) is 0 Å².